The zero-order chi connectivity index (χ0) is 23.1. The summed E-state index contributed by atoms with van der Waals surface area (Å²) in [5.41, 5.74) is 0. The molecule has 1 unspecified atom stereocenters. The first kappa shape index (κ1) is 29.4. The van der Waals surface area contributed by atoms with Crippen LogP contribution in [0.1, 0.15) is 162 Å². The monoisotopic (exact) mass is 448 g/mol. The van der Waals surface area contributed by atoms with E-state index in [2.05, 4.69) is 43.0 Å². The topological polar surface area (TPSA) is 6.48 Å². The smallest absolute Gasteiger partial charge is 0.0977 e. The number of rotatable bonds is 24. The Hall–Kier alpha value is -0.660. The summed E-state index contributed by atoms with van der Waals surface area (Å²) in [6.45, 7) is 9.45. The van der Waals surface area contributed by atoms with E-state index >= 15 is 0 Å². The second kappa shape index (κ2) is 22.1. The number of hydrogen-bond acceptors (Lipinski definition) is 2. The molecule has 1 atom stereocenters. The van der Waals surface area contributed by atoms with Gasteiger partial charge >= 0.3 is 0 Å². The van der Waals surface area contributed by atoms with Gasteiger partial charge in [-0.2, -0.15) is 0 Å². The van der Waals surface area contributed by atoms with E-state index in [-0.39, 0.29) is 0 Å². The quantitative estimate of drug-likeness (QED) is 0.135. The van der Waals surface area contributed by atoms with Crippen LogP contribution >= 0.6 is 0 Å². The molecule has 32 heavy (non-hydrogen) atoms. The van der Waals surface area contributed by atoms with Crippen molar-refractivity contribution in [3.05, 3.63) is 12.4 Å². The number of hydrogen-bond donors (Lipinski definition) is 0. The van der Waals surface area contributed by atoms with E-state index in [0.29, 0.717) is 6.17 Å². The molecule has 0 saturated heterocycles. The van der Waals surface area contributed by atoms with Crippen molar-refractivity contribution in [2.45, 2.75) is 168 Å². The zero-order valence-electron chi connectivity index (χ0n) is 22.6. The largest absolute Gasteiger partial charge is 0.356 e. The van der Waals surface area contributed by atoms with Crippen LogP contribution in [0.2, 0.25) is 0 Å². The van der Waals surface area contributed by atoms with Gasteiger partial charge in [0, 0.05) is 25.5 Å². The fraction of sp³-hybridized carbons (Fsp3) is 0.933. The van der Waals surface area contributed by atoms with E-state index in [1.165, 1.54) is 154 Å². The predicted molar refractivity (Wildman–Crippen MR) is 145 cm³/mol. The van der Waals surface area contributed by atoms with Gasteiger partial charge in [-0.15, -0.1) is 0 Å². The Kier molecular flexibility index (Phi) is 20.3. The SMILES string of the molecule is CCCCCCCCCCCCCCCCCCN1C=CN(CCCCCCCC)C1C. The van der Waals surface area contributed by atoms with Crippen LogP contribution in [0.5, 0.6) is 0 Å². The zero-order valence-corrected chi connectivity index (χ0v) is 22.6. The third-order valence-electron chi connectivity index (χ3n) is 7.45. The Bertz CT molecular complexity index is 406. The highest BCUT2D eigenvalue weighted by Gasteiger charge is 2.20. The molecule has 1 aliphatic heterocycles. The molecular weight excluding hydrogens is 388 g/mol. The maximum Gasteiger partial charge on any atom is 0.0977 e. The van der Waals surface area contributed by atoms with Gasteiger partial charge in [0.15, 0.2) is 0 Å². The summed E-state index contributed by atoms with van der Waals surface area (Å²) in [7, 11) is 0. The van der Waals surface area contributed by atoms with Gasteiger partial charge in [0.25, 0.3) is 0 Å². The van der Waals surface area contributed by atoms with E-state index in [1.807, 2.05) is 0 Å². The van der Waals surface area contributed by atoms with Crippen molar-refractivity contribution in [2.75, 3.05) is 13.1 Å². The average Bonchev–Trinajstić information content (AvgIpc) is 3.15. The first-order valence-corrected chi connectivity index (χ1v) is 15.0. The molecule has 0 saturated carbocycles. The van der Waals surface area contributed by atoms with E-state index < -0.39 is 0 Å². The van der Waals surface area contributed by atoms with Gasteiger partial charge in [-0.3, -0.25) is 0 Å². The van der Waals surface area contributed by atoms with Crippen molar-refractivity contribution in [1.82, 2.24) is 9.80 Å². The summed E-state index contributed by atoms with van der Waals surface area (Å²) in [4.78, 5) is 5.10. The van der Waals surface area contributed by atoms with Gasteiger partial charge in [-0.05, 0) is 19.8 Å². The molecule has 1 rings (SSSR count). The molecule has 0 aromatic rings. The molecule has 1 heterocycles. The minimum atomic E-state index is 0.571. The van der Waals surface area contributed by atoms with Crippen LogP contribution in [-0.4, -0.2) is 29.1 Å². The lowest BCUT2D eigenvalue weighted by Gasteiger charge is -2.30. The molecular formula is C30H60N2. The minimum absolute atomic E-state index is 0.571. The van der Waals surface area contributed by atoms with Crippen molar-refractivity contribution < 1.29 is 0 Å². The Morgan fingerprint density at radius 2 is 0.656 bits per heavy atom. The van der Waals surface area contributed by atoms with E-state index in [9.17, 15) is 0 Å². The second-order valence-corrected chi connectivity index (χ2v) is 10.5. The van der Waals surface area contributed by atoms with Gasteiger partial charge in [-0.1, -0.05) is 142 Å². The molecule has 1 aliphatic rings. The lowest BCUT2D eigenvalue weighted by Crippen LogP contribution is -2.36. The van der Waals surface area contributed by atoms with Gasteiger partial charge < -0.3 is 9.80 Å². The van der Waals surface area contributed by atoms with Crippen LogP contribution in [0.3, 0.4) is 0 Å². The van der Waals surface area contributed by atoms with Crippen LogP contribution in [0.4, 0.5) is 0 Å². The molecule has 0 amide bonds. The standard InChI is InChI=1S/C30H60N2/c1-4-6-8-10-12-13-14-15-16-17-18-19-20-21-23-25-27-32-29-28-31(30(32)3)26-24-22-11-9-7-5-2/h28-30H,4-27H2,1-3H3. The number of unbranched alkanes of at least 4 members (excludes halogenated alkanes) is 20. The van der Waals surface area contributed by atoms with Crippen LogP contribution < -0.4 is 0 Å². The van der Waals surface area contributed by atoms with Gasteiger partial charge in [-0.25, -0.2) is 0 Å². The van der Waals surface area contributed by atoms with E-state index in [4.69, 9.17) is 0 Å². The Labute approximate surface area is 203 Å². The molecule has 0 bridgehead atoms. The maximum absolute atomic E-state index is 2.56. The van der Waals surface area contributed by atoms with Crippen molar-refractivity contribution in [1.29, 1.82) is 0 Å². The molecule has 0 aromatic carbocycles. The van der Waals surface area contributed by atoms with Crippen LogP contribution in [0, 0.1) is 0 Å². The maximum atomic E-state index is 2.56. The molecule has 0 aliphatic carbocycles. The summed E-state index contributed by atoms with van der Waals surface area (Å²) in [5.74, 6) is 0. The Morgan fingerprint density at radius 3 is 0.938 bits per heavy atom. The molecule has 2 nitrogen and oxygen atoms in total. The molecule has 190 valence electrons. The second-order valence-electron chi connectivity index (χ2n) is 10.5. The first-order chi connectivity index (χ1) is 15.8. The fourth-order valence-electron chi connectivity index (χ4n) is 5.05. The number of nitrogens with zero attached hydrogens (tertiary/aromatic N) is 2. The van der Waals surface area contributed by atoms with Gasteiger partial charge in [0.05, 0.1) is 6.17 Å². The highest BCUT2D eigenvalue weighted by atomic mass is 15.4. The van der Waals surface area contributed by atoms with Gasteiger partial charge in [0.1, 0.15) is 0 Å². The van der Waals surface area contributed by atoms with E-state index in [0.717, 1.165) is 0 Å². The predicted octanol–water partition coefficient (Wildman–Crippen LogP) is 10.0. The Balaban J connectivity index is 1.82. The highest BCUT2D eigenvalue weighted by molar-refractivity contribution is 4.95. The lowest BCUT2D eigenvalue weighted by molar-refractivity contribution is 0.165. The highest BCUT2D eigenvalue weighted by Crippen LogP contribution is 2.19. The molecule has 2 heteroatoms. The molecule has 0 N–H and O–H groups in total. The summed E-state index contributed by atoms with van der Waals surface area (Å²) in [6, 6.07) is 0. The minimum Gasteiger partial charge on any atom is -0.356 e. The van der Waals surface area contributed by atoms with Crippen LogP contribution in [0.25, 0.3) is 0 Å². The normalized spacial score (nSPS) is 15.9. The van der Waals surface area contributed by atoms with Crippen molar-refractivity contribution in [3.63, 3.8) is 0 Å². The van der Waals surface area contributed by atoms with Crippen LogP contribution in [0.15, 0.2) is 12.4 Å². The van der Waals surface area contributed by atoms with Gasteiger partial charge in [0.2, 0.25) is 0 Å². The fourth-order valence-corrected chi connectivity index (χ4v) is 5.05. The van der Waals surface area contributed by atoms with Crippen molar-refractivity contribution in [3.8, 4) is 0 Å². The summed E-state index contributed by atoms with van der Waals surface area (Å²) in [5, 5.41) is 0. The molecule has 0 radical (unpaired) electrons. The summed E-state index contributed by atoms with van der Waals surface area (Å²) in [6.07, 6.45) is 36.8. The van der Waals surface area contributed by atoms with Crippen molar-refractivity contribution >= 4 is 0 Å². The molecule has 0 spiro atoms. The summed E-state index contributed by atoms with van der Waals surface area (Å²) >= 11 is 0. The molecule has 0 fully saturated rings. The lowest BCUT2D eigenvalue weighted by atomic mass is 10.0. The van der Waals surface area contributed by atoms with Crippen molar-refractivity contribution in [2.24, 2.45) is 0 Å². The third-order valence-corrected chi connectivity index (χ3v) is 7.45. The average molecular weight is 449 g/mol. The van der Waals surface area contributed by atoms with E-state index in [1.54, 1.807) is 0 Å². The van der Waals surface area contributed by atoms with Crippen LogP contribution in [-0.2, 0) is 0 Å². The first-order valence-electron chi connectivity index (χ1n) is 15.0. The summed E-state index contributed by atoms with van der Waals surface area (Å²) < 4.78 is 0. The Morgan fingerprint density at radius 1 is 0.406 bits per heavy atom. The molecule has 0 aromatic heterocycles. The third kappa shape index (κ3) is 16.0.